The number of benzene rings is 1. The summed E-state index contributed by atoms with van der Waals surface area (Å²) in [5.41, 5.74) is -0.385. The summed E-state index contributed by atoms with van der Waals surface area (Å²) in [5.74, 6) is 1.08. The zero-order chi connectivity index (χ0) is 13.8. The van der Waals surface area contributed by atoms with Gasteiger partial charge in [-0.15, -0.1) is 0 Å². The summed E-state index contributed by atoms with van der Waals surface area (Å²) >= 11 is 0. The van der Waals surface area contributed by atoms with E-state index in [4.69, 9.17) is 9.47 Å². The topological polar surface area (TPSA) is 55.8 Å². The Kier molecular flexibility index (Phi) is 4.73. The van der Waals surface area contributed by atoms with Gasteiger partial charge in [0.2, 0.25) is 0 Å². The molecule has 0 spiro atoms. The highest BCUT2D eigenvalue weighted by molar-refractivity contribution is 5.76. The summed E-state index contributed by atoms with van der Waals surface area (Å²) in [4.78, 5) is 10.7. The highest BCUT2D eigenvalue weighted by Gasteiger charge is 2.26. The molecule has 1 atom stereocenters. The second kappa shape index (κ2) is 5.87. The van der Waals surface area contributed by atoms with Gasteiger partial charge in [-0.25, -0.2) is 0 Å². The summed E-state index contributed by atoms with van der Waals surface area (Å²) in [7, 11) is 1.51. The Morgan fingerprint density at radius 2 is 2.06 bits per heavy atom. The van der Waals surface area contributed by atoms with E-state index in [-0.39, 0.29) is 12.5 Å². The van der Waals surface area contributed by atoms with Gasteiger partial charge < -0.3 is 14.6 Å². The molecule has 0 bridgehead atoms. The zero-order valence-corrected chi connectivity index (χ0v) is 11.3. The van der Waals surface area contributed by atoms with E-state index in [0.717, 1.165) is 6.29 Å². The smallest absolute Gasteiger partial charge is 0.161 e. The lowest BCUT2D eigenvalue weighted by molar-refractivity contribution is -0.0271. The Labute approximate surface area is 108 Å². The minimum absolute atomic E-state index is 0.0812. The lowest BCUT2D eigenvalue weighted by atomic mass is 9.94. The maximum Gasteiger partial charge on any atom is 0.161 e. The quantitative estimate of drug-likeness (QED) is 0.789. The third-order valence-electron chi connectivity index (χ3n) is 3.09. The number of rotatable bonds is 6. The molecule has 0 fully saturated rings. The SMILES string of the molecule is COc1cc(C=O)ccc1OCC(C)(O)C(C)C. The van der Waals surface area contributed by atoms with Crippen molar-refractivity contribution < 1.29 is 19.4 Å². The van der Waals surface area contributed by atoms with Gasteiger partial charge in [0.1, 0.15) is 12.9 Å². The molecule has 0 aromatic heterocycles. The van der Waals surface area contributed by atoms with Crippen molar-refractivity contribution in [3.63, 3.8) is 0 Å². The molecule has 4 heteroatoms. The predicted molar refractivity (Wildman–Crippen MR) is 69.3 cm³/mol. The molecule has 0 aliphatic heterocycles. The number of carbonyl (C=O) groups is 1. The molecule has 4 nitrogen and oxygen atoms in total. The first-order valence-corrected chi connectivity index (χ1v) is 5.89. The van der Waals surface area contributed by atoms with Crippen LogP contribution in [0.1, 0.15) is 31.1 Å². The lowest BCUT2D eigenvalue weighted by Crippen LogP contribution is -2.37. The molecule has 1 N–H and O–H groups in total. The van der Waals surface area contributed by atoms with Gasteiger partial charge in [0.25, 0.3) is 0 Å². The second-order valence-electron chi connectivity index (χ2n) is 4.83. The molecule has 0 heterocycles. The summed E-state index contributed by atoms with van der Waals surface area (Å²) in [6, 6.07) is 4.92. The van der Waals surface area contributed by atoms with E-state index in [1.54, 1.807) is 25.1 Å². The molecule has 0 saturated heterocycles. The summed E-state index contributed by atoms with van der Waals surface area (Å²) in [6.45, 7) is 5.75. The Balaban J connectivity index is 2.82. The lowest BCUT2D eigenvalue weighted by Gasteiger charge is -2.27. The minimum atomic E-state index is -0.908. The molecule has 0 aliphatic carbocycles. The monoisotopic (exact) mass is 252 g/mol. The van der Waals surface area contributed by atoms with Crippen molar-refractivity contribution in [2.24, 2.45) is 5.92 Å². The number of methoxy groups -OCH3 is 1. The van der Waals surface area contributed by atoms with Crippen LogP contribution in [0.5, 0.6) is 11.5 Å². The summed E-state index contributed by atoms with van der Waals surface area (Å²) in [6.07, 6.45) is 0.747. The second-order valence-corrected chi connectivity index (χ2v) is 4.83. The van der Waals surface area contributed by atoms with Gasteiger partial charge in [0.05, 0.1) is 12.7 Å². The fourth-order valence-corrected chi connectivity index (χ4v) is 1.27. The van der Waals surface area contributed by atoms with Crippen molar-refractivity contribution >= 4 is 6.29 Å². The third kappa shape index (κ3) is 3.47. The van der Waals surface area contributed by atoms with Crippen molar-refractivity contribution in [2.75, 3.05) is 13.7 Å². The number of aliphatic hydroxyl groups is 1. The molecule has 0 radical (unpaired) electrons. The molecule has 0 aliphatic rings. The molecule has 1 aromatic rings. The van der Waals surface area contributed by atoms with E-state index < -0.39 is 5.60 Å². The van der Waals surface area contributed by atoms with E-state index in [1.807, 2.05) is 13.8 Å². The first-order valence-electron chi connectivity index (χ1n) is 5.89. The van der Waals surface area contributed by atoms with Crippen molar-refractivity contribution in [3.8, 4) is 11.5 Å². The van der Waals surface area contributed by atoms with Gasteiger partial charge in [-0.05, 0) is 31.0 Å². The van der Waals surface area contributed by atoms with E-state index in [1.165, 1.54) is 7.11 Å². The summed E-state index contributed by atoms with van der Waals surface area (Å²) in [5, 5.41) is 10.1. The van der Waals surface area contributed by atoms with Crippen LogP contribution in [-0.4, -0.2) is 30.7 Å². The van der Waals surface area contributed by atoms with Crippen molar-refractivity contribution in [1.29, 1.82) is 0 Å². The summed E-state index contributed by atoms with van der Waals surface area (Å²) < 4.78 is 10.7. The van der Waals surface area contributed by atoms with Crippen LogP contribution in [-0.2, 0) is 0 Å². The molecule has 1 unspecified atom stereocenters. The van der Waals surface area contributed by atoms with Crippen LogP contribution < -0.4 is 9.47 Å². The molecular weight excluding hydrogens is 232 g/mol. The Bertz CT molecular complexity index is 410. The number of hydrogen-bond donors (Lipinski definition) is 1. The maximum atomic E-state index is 10.7. The van der Waals surface area contributed by atoms with Gasteiger partial charge >= 0.3 is 0 Å². The van der Waals surface area contributed by atoms with Crippen molar-refractivity contribution in [2.45, 2.75) is 26.4 Å². The van der Waals surface area contributed by atoms with E-state index in [0.29, 0.717) is 17.1 Å². The number of carbonyl (C=O) groups excluding carboxylic acids is 1. The van der Waals surface area contributed by atoms with Crippen LogP contribution >= 0.6 is 0 Å². The van der Waals surface area contributed by atoms with E-state index in [2.05, 4.69) is 0 Å². The molecule has 0 saturated carbocycles. The fourth-order valence-electron chi connectivity index (χ4n) is 1.27. The minimum Gasteiger partial charge on any atom is -0.493 e. The van der Waals surface area contributed by atoms with Gasteiger partial charge in [0.15, 0.2) is 11.5 Å². The van der Waals surface area contributed by atoms with Crippen LogP contribution in [0, 0.1) is 5.92 Å². The van der Waals surface area contributed by atoms with Gasteiger partial charge in [0, 0.05) is 5.56 Å². The molecule has 100 valence electrons. The van der Waals surface area contributed by atoms with Crippen molar-refractivity contribution in [1.82, 2.24) is 0 Å². The molecule has 18 heavy (non-hydrogen) atoms. The standard InChI is InChI=1S/C14H20O4/c1-10(2)14(3,16)9-18-12-6-5-11(8-15)7-13(12)17-4/h5-8,10,16H,9H2,1-4H3. The Morgan fingerprint density at radius 1 is 1.39 bits per heavy atom. The van der Waals surface area contributed by atoms with Crippen LogP contribution in [0.25, 0.3) is 0 Å². The molecular formula is C14H20O4. The normalized spacial score (nSPS) is 14.1. The van der Waals surface area contributed by atoms with Gasteiger partial charge in [-0.2, -0.15) is 0 Å². The highest BCUT2D eigenvalue weighted by atomic mass is 16.5. The first kappa shape index (κ1) is 14.5. The van der Waals surface area contributed by atoms with Crippen LogP contribution in [0.4, 0.5) is 0 Å². The van der Waals surface area contributed by atoms with Crippen LogP contribution in [0.2, 0.25) is 0 Å². The Hall–Kier alpha value is -1.55. The maximum absolute atomic E-state index is 10.7. The third-order valence-corrected chi connectivity index (χ3v) is 3.09. The van der Waals surface area contributed by atoms with Crippen molar-refractivity contribution in [3.05, 3.63) is 23.8 Å². The van der Waals surface area contributed by atoms with Gasteiger partial charge in [-0.1, -0.05) is 13.8 Å². The predicted octanol–water partition coefficient (Wildman–Crippen LogP) is 2.29. The average molecular weight is 252 g/mol. The Morgan fingerprint density at radius 3 is 2.56 bits per heavy atom. The first-order chi connectivity index (χ1) is 8.40. The van der Waals surface area contributed by atoms with E-state index >= 15 is 0 Å². The van der Waals surface area contributed by atoms with Gasteiger partial charge in [-0.3, -0.25) is 4.79 Å². The molecule has 1 rings (SSSR count). The highest BCUT2D eigenvalue weighted by Crippen LogP contribution is 2.29. The average Bonchev–Trinajstić information content (AvgIpc) is 2.35. The fraction of sp³-hybridized carbons (Fsp3) is 0.500. The molecule has 0 amide bonds. The van der Waals surface area contributed by atoms with E-state index in [9.17, 15) is 9.90 Å². The molecule has 1 aromatic carbocycles. The number of ether oxygens (including phenoxy) is 2. The largest absolute Gasteiger partial charge is 0.493 e. The van der Waals surface area contributed by atoms with Crippen LogP contribution in [0.3, 0.4) is 0 Å². The number of aldehydes is 1. The van der Waals surface area contributed by atoms with Crippen LogP contribution in [0.15, 0.2) is 18.2 Å². The zero-order valence-electron chi connectivity index (χ0n) is 11.3. The number of hydrogen-bond acceptors (Lipinski definition) is 4.